The average molecular weight is 310 g/mol. The SMILES string of the molecule is Cc1ccc(CC(Br)CCC2CCCCC2)nc1. The maximum Gasteiger partial charge on any atom is 0.0414 e. The van der Waals surface area contributed by atoms with E-state index in [1.165, 1.54) is 56.2 Å². The maximum absolute atomic E-state index is 4.48. The van der Waals surface area contributed by atoms with Gasteiger partial charge in [-0.05, 0) is 37.3 Å². The number of aromatic nitrogens is 1. The number of rotatable bonds is 5. The summed E-state index contributed by atoms with van der Waals surface area (Å²) in [6.07, 6.45) is 13.0. The lowest BCUT2D eigenvalue weighted by Crippen LogP contribution is -2.11. The van der Waals surface area contributed by atoms with Crippen LogP contribution in [-0.2, 0) is 6.42 Å². The largest absolute Gasteiger partial charge is 0.261 e. The van der Waals surface area contributed by atoms with Gasteiger partial charge in [0.25, 0.3) is 0 Å². The second-order valence-corrected chi connectivity index (χ2v) is 7.00. The molecule has 1 aliphatic rings. The van der Waals surface area contributed by atoms with Gasteiger partial charge in [-0.25, -0.2) is 0 Å². The van der Waals surface area contributed by atoms with Crippen molar-refractivity contribution >= 4 is 15.9 Å². The van der Waals surface area contributed by atoms with Gasteiger partial charge in [-0.1, -0.05) is 54.1 Å². The van der Waals surface area contributed by atoms with Crippen molar-refractivity contribution in [3.63, 3.8) is 0 Å². The third kappa shape index (κ3) is 4.72. The first-order chi connectivity index (χ1) is 8.74. The Kier molecular flexibility index (Phi) is 5.68. The van der Waals surface area contributed by atoms with E-state index in [1.807, 2.05) is 6.20 Å². The van der Waals surface area contributed by atoms with E-state index in [0.29, 0.717) is 4.83 Å². The highest BCUT2D eigenvalue weighted by Gasteiger charge is 2.15. The number of hydrogen-bond acceptors (Lipinski definition) is 1. The molecule has 100 valence electrons. The summed E-state index contributed by atoms with van der Waals surface area (Å²) in [4.78, 5) is 5.08. The van der Waals surface area contributed by atoms with Crippen LogP contribution >= 0.6 is 15.9 Å². The van der Waals surface area contributed by atoms with Gasteiger partial charge in [-0.3, -0.25) is 4.98 Å². The Bertz CT molecular complexity index is 341. The summed E-state index contributed by atoms with van der Waals surface area (Å²) >= 11 is 3.82. The van der Waals surface area contributed by atoms with Gasteiger partial charge in [0.15, 0.2) is 0 Å². The molecule has 1 aliphatic carbocycles. The Morgan fingerprint density at radius 3 is 2.72 bits per heavy atom. The van der Waals surface area contributed by atoms with Crippen molar-refractivity contribution in [2.75, 3.05) is 0 Å². The molecular weight excluding hydrogens is 286 g/mol. The molecule has 18 heavy (non-hydrogen) atoms. The lowest BCUT2D eigenvalue weighted by molar-refractivity contribution is 0.331. The molecule has 1 nitrogen and oxygen atoms in total. The van der Waals surface area contributed by atoms with E-state index in [1.54, 1.807) is 0 Å². The van der Waals surface area contributed by atoms with Crippen LogP contribution in [0.5, 0.6) is 0 Å². The van der Waals surface area contributed by atoms with Crippen molar-refractivity contribution in [2.24, 2.45) is 5.92 Å². The van der Waals surface area contributed by atoms with Crippen molar-refractivity contribution in [2.45, 2.75) is 63.1 Å². The fourth-order valence-corrected chi connectivity index (χ4v) is 3.44. The molecule has 1 fully saturated rings. The molecule has 0 radical (unpaired) electrons. The van der Waals surface area contributed by atoms with E-state index in [2.05, 4.69) is 40.0 Å². The normalized spacial score (nSPS) is 18.8. The second kappa shape index (κ2) is 7.28. The fraction of sp³-hybridized carbons (Fsp3) is 0.688. The molecule has 0 spiro atoms. The molecule has 0 aliphatic heterocycles. The Labute approximate surface area is 120 Å². The molecule has 1 aromatic heterocycles. The highest BCUT2D eigenvalue weighted by molar-refractivity contribution is 9.09. The minimum absolute atomic E-state index is 0.592. The first-order valence-electron chi connectivity index (χ1n) is 7.29. The molecule has 1 unspecified atom stereocenters. The summed E-state index contributed by atoms with van der Waals surface area (Å²) in [6.45, 7) is 2.09. The second-order valence-electron chi connectivity index (χ2n) is 5.71. The molecule has 1 saturated carbocycles. The molecule has 1 heterocycles. The van der Waals surface area contributed by atoms with Crippen molar-refractivity contribution in [1.29, 1.82) is 0 Å². The third-order valence-corrected chi connectivity index (χ3v) is 4.80. The lowest BCUT2D eigenvalue weighted by Gasteiger charge is -2.22. The number of pyridine rings is 1. The topological polar surface area (TPSA) is 12.9 Å². The summed E-state index contributed by atoms with van der Waals surface area (Å²) in [5, 5.41) is 0. The third-order valence-electron chi connectivity index (χ3n) is 4.02. The molecule has 1 aromatic rings. The van der Waals surface area contributed by atoms with Crippen LogP contribution in [0.1, 0.15) is 56.2 Å². The quantitative estimate of drug-likeness (QED) is 0.693. The summed E-state index contributed by atoms with van der Waals surface area (Å²) in [5.74, 6) is 0.991. The maximum atomic E-state index is 4.48. The molecule has 1 atom stereocenters. The van der Waals surface area contributed by atoms with Gasteiger partial charge < -0.3 is 0 Å². The monoisotopic (exact) mass is 309 g/mol. The Hall–Kier alpha value is -0.370. The average Bonchev–Trinajstić information content (AvgIpc) is 2.40. The number of halogens is 1. The van der Waals surface area contributed by atoms with Gasteiger partial charge in [-0.15, -0.1) is 0 Å². The molecule has 0 bridgehead atoms. The number of alkyl halides is 1. The molecular formula is C16H24BrN. The summed E-state index contributed by atoms with van der Waals surface area (Å²) < 4.78 is 0. The van der Waals surface area contributed by atoms with Gasteiger partial charge in [0.1, 0.15) is 0 Å². The summed E-state index contributed by atoms with van der Waals surface area (Å²) in [5.41, 5.74) is 2.46. The van der Waals surface area contributed by atoms with Crippen molar-refractivity contribution in [3.8, 4) is 0 Å². The first-order valence-corrected chi connectivity index (χ1v) is 8.21. The van der Waals surface area contributed by atoms with Crippen molar-refractivity contribution < 1.29 is 0 Å². The first kappa shape index (κ1) is 14.0. The predicted octanol–water partition coefficient (Wildman–Crippen LogP) is 5.06. The lowest BCUT2D eigenvalue weighted by atomic mass is 9.85. The Morgan fingerprint density at radius 2 is 2.06 bits per heavy atom. The summed E-state index contributed by atoms with van der Waals surface area (Å²) in [7, 11) is 0. The van der Waals surface area contributed by atoms with Crippen molar-refractivity contribution in [3.05, 3.63) is 29.6 Å². The highest BCUT2D eigenvalue weighted by Crippen LogP contribution is 2.29. The summed E-state index contributed by atoms with van der Waals surface area (Å²) in [6, 6.07) is 4.31. The van der Waals surface area contributed by atoms with E-state index < -0.39 is 0 Å². The zero-order chi connectivity index (χ0) is 12.8. The van der Waals surface area contributed by atoms with Gasteiger partial charge in [0.2, 0.25) is 0 Å². The smallest absolute Gasteiger partial charge is 0.0414 e. The van der Waals surface area contributed by atoms with Crippen LogP contribution in [0, 0.1) is 12.8 Å². The Balaban J connectivity index is 1.71. The van der Waals surface area contributed by atoms with E-state index in [4.69, 9.17) is 0 Å². The fourth-order valence-electron chi connectivity index (χ4n) is 2.84. The molecule has 0 aromatic carbocycles. The molecule has 0 amide bonds. The number of nitrogens with zero attached hydrogens (tertiary/aromatic N) is 1. The minimum atomic E-state index is 0.592. The van der Waals surface area contributed by atoms with Crippen LogP contribution in [0.15, 0.2) is 18.3 Å². The standard InChI is InChI=1S/C16H24BrN/c1-13-7-10-16(18-12-13)11-15(17)9-8-14-5-3-2-4-6-14/h7,10,12,14-15H,2-6,8-9,11H2,1H3. The number of hydrogen-bond donors (Lipinski definition) is 0. The van der Waals surface area contributed by atoms with Gasteiger partial charge in [0, 0.05) is 23.1 Å². The van der Waals surface area contributed by atoms with Crippen LogP contribution in [0.4, 0.5) is 0 Å². The molecule has 0 saturated heterocycles. The zero-order valence-electron chi connectivity index (χ0n) is 11.4. The van der Waals surface area contributed by atoms with E-state index in [9.17, 15) is 0 Å². The van der Waals surface area contributed by atoms with E-state index >= 15 is 0 Å². The molecule has 0 N–H and O–H groups in total. The van der Waals surface area contributed by atoms with Crippen LogP contribution in [-0.4, -0.2) is 9.81 Å². The molecule has 2 heteroatoms. The van der Waals surface area contributed by atoms with Gasteiger partial charge >= 0.3 is 0 Å². The minimum Gasteiger partial charge on any atom is -0.261 e. The van der Waals surface area contributed by atoms with E-state index in [0.717, 1.165) is 12.3 Å². The number of aryl methyl sites for hydroxylation is 1. The van der Waals surface area contributed by atoms with Crippen LogP contribution in [0.3, 0.4) is 0 Å². The van der Waals surface area contributed by atoms with E-state index in [-0.39, 0.29) is 0 Å². The van der Waals surface area contributed by atoms with Crippen LogP contribution < -0.4 is 0 Å². The van der Waals surface area contributed by atoms with Crippen molar-refractivity contribution in [1.82, 2.24) is 4.98 Å². The predicted molar refractivity (Wildman–Crippen MR) is 81.2 cm³/mol. The van der Waals surface area contributed by atoms with Crippen LogP contribution in [0.25, 0.3) is 0 Å². The highest BCUT2D eigenvalue weighted by atomic mass is 79.9. The van der Waals surface area contributed by atoms with Crippen LogP contribution in [0.2, 0.25) is 0 Å². The van der Waals surface area contributed by atoms with Gasteiger partial charge in [-0.2, -0.15) is 0 Å². The molecule has 2 rings (SSSR count). The Morgan fingerprint density at radius 1 is 1.28 bits per heavy atom. The van der Waals surface area contributed by atoms with Gasteiger partial charge in [0.05, 0.1) is 0 Å². The zero-order valence-corrected chi connectivity index (χ0v) is 13.0.